The van der Waals surface area contributed by atoms with Crippen molar-refractivity contribution in [2.24, 2.45) is 17.8 Å². The fourth-order valence-electron chi connectivity index (χ4n) is 7.47. The molecule has 4 bridgehead atoms. The maximum atomic E-state index is 12.6. The van der Waals surface area contributed by atoms with Gasteiger partial charge in [-0.1, -0.05) is 12.1 Å². The van der Waals surface area contributed by atoms with Gasteiger partial charge < -0.3 is 20.7 Å². The van der Waals surface area contributed by atoms with E-state index in [4.69, 9.17) is 4.74 Å². The molecule has 1 aromatic carbocycles. The molecule has 5 fully saturated rings. The van der Waals surface area contributed by atoms with Crippen LogP contribution in [0.1, 0.15) is 69.4 Å². The number of nitrogens with zero attached hydrogens (tertiary/aromatic N) is 1. The van der Waals surface area contributed by atoms with Crippen molar-refractivity contribution in [3.63, 3.8) is 0 Å². The van der Waals surface area contributed by atoms with Crippen LogP contribution in [0.15, 0.2) is 24.3 Å². The molecule has 1 saturated heterocycles. The van der Waals surface area contributed by atoms with Gasteiger partial charge >= 0.3 is 6.03 Å². The van der Waals surface area contributed by atoms with Crippen LogP contribution in [-0.2, 0) is 4.79 Å². The Balaban J connectivity index is 1.07. The van der Waals surface area contributed by atoms with Crippen LogP contribution in [0.5, 0.6) is 5.75 Å². The molecule has 3 amide bonds. The summed E-state index contributed by atoms with van der Waals surface area (Å²) < 4.78 is 5.29. The lowest BCUT2D eigenvalue weighted by atomic mass is 9.53. The zero-order chi connectivity index (χ0) is 23.5. The SMILES string of the molecule is COc1ccc(C(CNC(=O)CCNC(=O)NC23CC4CC(CC(C4)C2)C3)N2CCCC2)cc1. The first-order chi connectivity index (χ1) is 16.5. The van der Waals surface area contributed by atoms with Crippen LogP contribution in [0.3, 0.4) is 0 Å². The number of likely N-dealkylation sites (tertiary alicyclic amines) is 1. The van der Waals surface area contributed by atoms with Gasteiger partial charge in [-0.05, 0) is 99.9 Å². The third kappa shape index (κ3) is 5.35. The molecule has 1 unspecified atom stereocenters. The van der Waals surface area contributed by atoms with Crippen LogP contribution in [-0.4, -0.2) is 55.7 Å². The van der Waals surface area contributed by atoms with Crippen molar-refractivity contribution in [1.82, 2.24) is 20.9 Å². The zero-order valence-electron chi connectivity index (χ0n) is 20.5. The summed E-state index contributed by atoms with van der Waals surface area (Å²) in [6, 6.07) is 8.18. The predicted molar refractivity (Wildman–Crippen MR) is 132 cm³/mol. The van der Waals surface area contributed by atoms with Crippen LogP contribution in [0.4, 0.5) is 4.79 Å². The Morgan fingerprint density at radius 1 is 1.00 bits per heavy atom. The molecule has 4 saturated carbocycles. The zero-order valence-corrected chi connectivity index (χ0v) is 20.5. The highest BCUT2D eigenvalue weighted by atomic mass is 16.5. The van der Waals surface area contributed by atoms with Gasteiger partial charge in [0.25, 0.3) is 0 Å². The summed E-state index contributed by atoms with van der Waals surface area (Å²) in [6.45, 7) is 3.04. The Morgan fingerprint density at radius 2 is 1.62 bits per heavy atom. The summed E-state index contributed by atoms with van der Waals surface area (Å²) in [5.41, 5.74) is 1.19. The molecular formula is C27H40N4O3. The monoisotopic (exact) mass is 468 g/mol. The maximum absolute atomic E-state index is 12.6. The lowest BCUT2D eigenvalue weighted by molar-refractivity contribution is -0.121. The van der Waals surface area contributed by atoms with Crippen molar-refractivity contribution in [3.8, 4) is 5.75 Å². The van der Waals surface area contributed by atoms with Crippen LogP contribution in [0.2, 0.25) is 0 Å². The lowest BCUT2D eigenvalue weighted by Gasteiger charge is -2.56. The molecule has 1 aliphatic heterocycles. The largest absolute Gasteiger partial charge is 0.497 e. The van der Waals surface area contributed by atoms with E-state index in [-0.39, 0.29) is 23.5 Å². The van der Waals surface area contributed by atoms with Crippen molar-refractivity contribution < 1.29 is 14.3 Å². The number of carbonyl (C=O) groups is 2. The van der Waals surface area contributed by atoms with E-state index in [2.05, 4.69) is 33.0 Å². The van der Waals surface area contributed by atoms with Gasteiger partial charge in [0.05, 0.1) is 13.2 Å². The number of rotatable bonds is 9. The van der Waals surface area contributed by atoms with Crippen molar-refractivity contribution in [2.45, 2.75) is 69.4 Å². The average Bonchev–Trinajstić information content (AvgIpc) is 3.33. The molecule has 4 aliphatic carbocycles. The minimum atomic E-state index is -0.108. The first-order valence-electron chi connectivity index (χ1n) is 13.2. The highest BCUT2D eigenvalue weighted by Crippen LogP contribution is 2.55. The summed E-state index contributed by atoms with van der Waals surface area (Å²) in [6.07, 6.45) is 10.2. The fraction of sp³-hybridized carbons (Fsp3) is 0.704. The predicted octanol–water partition coefficient (Wildman–Crippen LogP) is 3.61. The summed E-state index contributed by atoms with van der Waals surface area (Å²) in [4.78, 5) is 27.6. The summed E-state index contributed by atoms with van der Waals surface area (Å²) >= 11 is 0. The van der Waals surface area contributed by atoms with Gasteiger partial charge in [-0.2, -0.15) is 0 Å². The smallest absolute Gasteiger partial charge is 0.315 e. The van der Waals surface area contributed by atoms with Crippen molar-refractivity contribution in [1.29, 1.82) is 0 Å². The molecule has 34 heavy (non-hydrogen) atoms. The molecule has 1 aromatic rings. The number of carbonyl (C=O) groups excluding carboxylic acids is 2. The van der Waals surface area contributed by atoms with Gasteiger partial charge in [0.2, 0.25) is 5.91 Å². The van der Waals surface area contributed by atoms with Gasteiger partial charge in [0.1, 0.15) is 5.75 Å². The van der Waals surface area contributed by atoms with E-state index in [9.17, 15) is 9.59 Å². The number of hydrogen-bond donors (Lipinski definition) is 3. The normalized spacial score (nSPS) is 30.7. The molecule has 1 atom stereocenters. The van der Waals surface area contributed by atoms with E-state index < -0.39 is 0 Å². The Morgan fingerprint density at radius 3 is 2.21 bits per heavy atom. The Bertz CT molecular complexity index is 830. The van der Waals surface area contributed by atoms with Crippen LogP contribution in [0.25, 0.3) is 0 Å². The molecule has 5 aliphatic rings. The third-order valence-electron chi connectivity index (χ3n) is 8.63. The van der Waals surface area contributed by atoms with Crippen molar-refractivity contribution in [3.05, 3.63) is 29.8 Å². The van der Waals surface area contributed by atoms with Gasteiger partial charge in [-0.3, -0.25) is 9.69 Å². The summed E-state index contributed by atoms with van der Waals surface area (Å²) in [5.74, 6) is 3.21. The van der Waals surface area contributed by atoms with E-state index >= 15 is 0 Å². The van der Waals surface area contributed by atoms with Gasteiger partial charge in [-0.15, -0.1) is 0 Å². The number of urea groups is 1. The van der Waals surface area contributed by atoms with E-state index in [0.29, 0.717) is 19.5 Å². The second-order valence-corrected chi connectivity index (χ2v) is 11.2. The highest BCUT2D eigenvalue weighted by Gasteiger charge is 2.51. The number of amides is 3. The van der Waals surface area contributed by atoms with Gasteiger partial charge in [0, 0.05) is 25.0 Å². The number of nitrogens with one attached hydrogen (secondary N) is 3. The molecule has 0 spiro atoms. The number of benzene rings is 1. The second-order valence-electron chi connectivity index (χ2n) is 11.2. The number of methoxy groups -OCH3 is 1. The summed E-state index contributed by atoms with van der Waals surface area (Å²) in [5, 5.41) is 9.36. The molecule has 7 heteroatoms. The molecule has 1 heterocycles. The molecule has 7 nitrogen and oxygen atoms in total. The molecular weight excluding hydrogens is 428 g/mol. The van der Waals surface area contributed by atoms with Gasteiger partial charge in [0.15, 0.2) is 0 Å². The fourth-order valence-corrected chi connectivity index (χ4v) is 7.47. The Hall–Kier alpha value is -2.28. The molecule has 6 rings (SSSR count). The van der Waals surface area contributed by atoms with Gasteiger partial charge in [-0.25, -0.2) is 4.79 Å². The first kappa shape index (κ1) is 23.5. The quantitative estimate of drug-likeness (QED) is 0.517. The van der Waals surface area contributed by atoms with Crippen molar-refractivity contribution in [2.75, 3.05) is 33.3 Å². The number of ether oxygens (including phenoxy) is 1. The lowest BCUT2D eigenvalue weighted by Crippen LogP contribution is -2.61. The molecule has 186 valence electrons. The molecule has 3 N–H and O–H groups in total. The van der Waals surface area contributed by atoms with Crippen LogP contribution < -0.4 is 20.7 Å². The topological polar surface area (TPSA) is 82.7 Å². The summed E-state index contributed by atoms with van der Waals surface area (Å²) in [7, 11) is 1.67. The second kappa shape index (κ2) is 10.1. The van der Waals surface area contributed by atoms with Crippen molar-refractivity contribution >= 4 is 11.9 Å². The Kier molecular flexibility index (Phi) is 7.00. The van der Waals surface area contributed by atoms with E-state index in [0.717, 1.165) is 55.9 Å². The maximum Gasteiger partial charge on any atom is 0.315 e. The number of hydrogen-bond acceptors (Lipinski definition) is 4. The van der Waals surface area contributed by atoms with Crippen LogP contribution >= 0.6 is 0 Å². The minimum absolute atomic E-state index is 0.00239. The van der Waals surface area contributed by atoms with E-state index in [1.807, 2.05) is 12.1 Å². The standard InChI is InChI=1S/C27H40N4O3/c1-34-23-6-4-22(5-7-23)24(31-10-2-3-11-31)18-29-25(32)8-9-28-26(33)30-27-15-19-12-20(16-27)14-21(13-19)17-27/h4-7,19-21,24H,2-3,8-18H2,1H3,(H,29,32)(H2,28,30,33). The van der Waals surface area contributed by atoms with E-state index in [1.165, 1.54) is 37.7 Å². The molecule has 0 aromatic heterocycles. The highest BCUT2D eigenvalue weighted by molar-refractivity contribution is 5.78. The van der Waals surface area contributed by atoms with E-state index in [1.54, 1.807) is 7.11 Å². The third-order valence-corrected chi connectivity index (χ3v) is 8.63. The Labute approximate surface area is 203 Å². The first-order valence-corrected chi connectivity index (χ1v) is 13.2. The average molecular weight is 469 g/mol. The van der Waals surface area contributed by atoms with Crippen LogP contribution in [0, 0.1) is 17.8 Å². The molecule has 0 radical (unpaired) electrons. The minimum Gasteiger partial charge on any atom is -0.497 e.